The van der Waals surface area contributed by atoms with Crippen LogP contribution in [-0.2, 0) is 10.1 Å². The van der Waals surface area contributed by atoms with Crippen LogP contribution >= 0.6 is 0 Å². The third kappa shape index (κ3) is 11.5. The van der Waals surface area contributed by atoms with E-state index in [2.05, 4.69) is 5.32 Å². The van der Waals surface area contributed by atoms with E-state index in [-0.39, 0.29) is 71.2 Å². The van der Waals surface area contributed by atoms with Gasteiger partial charge >= 0.3 is 51.4 Å². The van der Waals surface area contributed by atoms with Gasteiger partial charge in [0.15, 0.2) is 0 Å². The van der Waals surface area contributed by atoms with E-state index in [1.807, 2.05) is 0 Å². The van der Waals surface area contributed by atoms with Crippen LogP contribution in [0.4, 0.5) is 0 Å². The Bertz CT molecular complexity index is 199. The van der Waals surface area contributed by atoms with Gasteiger partial charge < -0.3 is 11.8 Å². The molecule has 0 bridgehead atoms. The van der Waals surface area contributed by atoms with E-state index >= 15 is 0 Å². The minimum atomic E-state index is -3.90. The van der Waals surface area contributed by atoms with Gasteiger partial charge in [-0.05, 0) is 6.92 Å². The molecule has 0 saturated carbocycles. The summed E-state index contributed by atoms with van der Waals surface area (Å²) in [6, 6.07) is -0.336. The summed E-state index contributed by atoms with van der Waals surface area (Å²) in [6.45, 7) is 1.90. The third-order valence-corrected chi connectivity index (χ3v) is 1.99. The van der Waals surface area contributed by atoms with E-state index in [0.717, 1.165) is 0 Å². The molecule has 5 nitrogen and oxygen atoms in total. The third-order valence-electron chi connectivity index (χ3n) is 1.07. The van der Waals surface area contributed by atoms with Crippen molar-refractivity contribution in [2.45, 2.75) is 13.0 Å². The first-order chi connectivity index (χ1) is 4.95. The molecule has 0 aliphatic heterocycles. The number of nitrogens with one attached hydrogen (secondary N) is 1. The van der Waals surface area contributed by atoms with Crippen molar-refractivity contribution >= 4 is 10.1 Å². The van der Waals surface area contributed by atoms with Crippen LogP contribution in [0, 0.1) is 0 Å². The van der Waals surface area contributed by atoms with Gasteiger partial charge in [0.25, 0.3) is 10.1 Å². The van der Waals surface area contributed by atoms with E-state index < -0.39 is 10.1 Å². The van der Waals surface area contributed by atoms with Crippen LogP contribution in [0.1, 0.15) is 8.35 Å². The van der Waals surface area contributed by atoms with Gasteiger partial charge in [0.05, 0.1) is 12.4 Å². The Kier molecular flexibility index (Phi) is 10.4. The first-order valence-electron chi connectivity index (χ1n) is 3.25. The Morgan fingerprint density at radius 3 is 2.42 bits per heavy atom. The second-order valence-electron chi connectivity index (χ2n) is 2.33. The Morgan fingerprint density at radius 1 is 1.58 bits per heavy atom. The van der Waals surface area contributed by atoms with Crippen LogP contribution in [0.5, 0.6) is 0 Å². The molecule has 1 unspecified atom stereocenters. The molecule has 0 aliphatic carbocycles. The number of aliphatic hydroxyl groups excluding tert-OH is 1. The molecule has 0 radical (unpaired) electrons. The maximum atomic E-state index is 10.3. The van der Waals surface area contributed by atoms with Gasteiger partial charge in [0, 0.05) is 12.6 Å². The monoisotopic (exact) mass is 223 g/mol. The number of rotatable bonds is 5. The second kappa shape index (κ2) is 7.83. The Labute approximate surface area is 117 Å². The summed E-state index contributed by atoms with van der Waals surface area (Å²) >= 11 is 0. The molecule has 0 fully saturated rings. The standard InChI is InChI=1S/C5H13NO4S.K.H/c1-5(6-2-3-7)4-11(8,9)10;;/h5-7H,2-4H2,1H3,(H,8,9,10);;/q;+1;-1. The summed E-state index contributed by atoms with van der Waals surface area (Å²) in [7, 11) is -3.90. The molecule has 0 aromatic carbocycles. The van der Waals surface area contributed by atoms with E-state index in [0.29, 0.717) is 6.54 Å². The molecule has 12 heavy (non-hydrogen) atoms. The molecule has 0 heterocycles. The number of hydrogen-bond acceptors (Lipinski definition) is 4. The molecule has 0 aromatic heterocycles. The fourth-order valence-electron chi connectivity index (χ4n) is 0.686. The van der Waals surface area contributed by atoms with Gasteiger partial charge in [-0.25, -0.2) is 0 Å². The summed E-state index contributed by atoms with van der Waals surface area (Å²) < 4.78 is 28.9. The van der Waals surface area contributed by atoms with Gasteiger partial charge in [0.2, 0.25) is 0 Å². The van der Waals surface area contributed by atoms with Gasteiger partial charge in [0.1, 0.15) is 0 Å². The molecular formula is C5H14KNO4S. The van der Waals surface area contributed by atoms with Crippen LogP contribution in [0.15, 0.2) is 0 Å². The van der Waals surface area contributed by atoms with Gasteiger partial charge in [-0.2, -0.15) is 8.42 Å². The smallest absolute Gasteiger partial charge is 1.00 e. The Morgan fingerprint density at radius 2 is 2.08 bits per heavy atom. The maximum Gasteiger partial charge on any atom is 1.00 e. The molecule has 0 aromatic rings. The normalized spacial score (nSPS) is 13.6. The Balaban J connectivity index is -0.000000500. The minimum Gasteiger partial charge on any atom is -1.00 e. The van der Waals surface area contributed by atoms with Gasteiger partial charge in [-0.1, -0.05) is 0 Å². The van der Waals surface area contributed by atoms with E-state index in [9.17, 15) is 8.42 Å². The van der Waals surface area contributed by atoms with Gasteiger partial charge in [-0.3, -0.25) is 4.55 Å². The molecular weight excluding hydrogens is 209 g/mol. The van der Waals surface area contributed by atoms with Crippen LogP contribution < -0.4 is 56.7 Å². The second-order valence-corrected chi connectivity index (χ2v) is 3.82. The molecule has 7 heteroatoms. The van der Waals surface area contributed by atoms with Crippen molar-refractivity contribution in [2.75, 3.05) is 18.9 Å². The topological polar surface area (TPSA) is 86.6 Å². The average molecular weight is 223 g/mol. The molecule has 0 spiro atoms. The summed E-state index contributed by atoms with van der Waals surface area (Å²) in [5.41, 5.74) is 0. The number of hydrogen-bond donors (Lipinski definition) is 3. The predicted molar refractivity (Wildman–Crippen MR) is 42.1 cm³/mol. The van der Waals surface area contributed by atoms with Crippen molar-refractivity contribution in [3.8, 4) is 0 Å². The predicted octanol–water partition coefficient (Wildman–Crippen LogP) is -4.04. The zero-order valence-electron chi connectivity index (χ0n) is 8.32. The molecule has 0 saturated heterocycles. The summed E-state index contributed by atoms with van der Waals surface area (Å²) in [6.07, 6.45) is 0. The minimum absolute atomic E-state index is 0. The van der Waals surface area contributed by atoms with Crippen LogP contribution in [0.3, 0.4) is 0 Å². The Hall–Kier alpha value is 1.47. The molecule has 0 amide bonds. The first-order valence-corrected chi connectivity index (χ1v) is 4.86. The van der Waals surface area contributed by atoms with Crippen LogP contribution in [0.25, 0.3) is 0 Å². The van der Waals surface area contributed by atoms with Crippen LogP contribution in [-0.4, -0.2) is 43.0 Å². The summed E-state index contributed by atoms with van der Waals surface area (Å²) in [5, 5.41) is 11.0. The fourth-order valence-corrected chi connectivity index (χ4v) is 1.44. The average Bonchev–Trinajstić information content (AvgIpc) is 1.79. The van der Waals surface area contributed by atoms with Crippen molar-refractivity contribution in [3.63, 3.8) is 0 Å². The molecule has 0 aliphatic rings. The molecule has 3 N–H and O–H groups in total. The largest absolute Gasteiger partial charge is 1.00 e. The maximum absolute atomic E-state index is 10.3. The number of aliphatic hydroxyl groups is 1. The van der Waals surface area contributed by atoms with Crippen molar-refractivity contribution in [2.24, 2.45) is 0 Å². The van der Waals surface area contributed by atoms with E-state index in [4.69, 9.17) is 9.66 Å². The summed E-state index contributed by atoms with van der Waals surface area (Å²) in [4.78, 5) is 0. The molecule has 70 valence electrons. The first kappa shape index (κ1) is 15.9. The van der Waals surface area contributed by atoms with Crippen molar-refractivity contribution in [1.29, 1.82) is 0 Å². The molecule has 1 atom stereocenters. The molecule has 0 rings (SSSR count). The van der Waals surface area contributed by atoms with Gasteiger partial charge in [-0.15, -0.1) is 0 Å². The van der Waals surface area contributed by atoms with Crippen molar-refractivity contribution in [1.82, 2.24) is 5.32 Å². The SMILES string of the molecule is CC(CS(=O)(=O)O)NCCO.[H-].[K+]. The quantitative estimate of drug-likeness (QED) is 0.326. The van der Waals surface area contributed by atoms with E-state index in [1.54, 1.807) is 6.92 Å². The van der Waals surface area contributed by atoms with Crippen molar-refractivity contribution < 1.29 is 70.9 Å². The zero-order valence-corrected chi connectivity index (χ0v) is 11.3. The van der Waals surface area contributed by atoms with Crippen LogP contribution in [0.2, 0.25) is 0 Å². The zero-order chi connectivity index (χ0) is 8.91. The fraction of sp³-hybridized carbons (Fsp3) is 1.00. The summed E-state index contributed by atoms with van der Waals surface area (Å²) in [5.74, 6) is -0.326. The van der Waals surface area contributed by atoms with E-state index in [1.165, 1.54) is 0 Å². The van der Waals surface area contributed by atoms with Crippen molar-refractivity contribution in [3.05, 3.63) is 0 Å².